The van der Waals surface area contributed by atoms with E-state index in [4.69, 9.17) is 4.42 Å². The van der Waals surface area contributed by atoms with Gasteiger partial charge in [0.1, 0.15) is 0 Å². The molecule has 8 nitrogen and oxygen atoms in total. The zero-order chi connectivity index (χ0) is 17.3. The number of H-pyrrole nitrogens is 1. The van der Waals surface area contributed by atoms with E-state index in [1.54, 1.807) is 0 Å². The largest absolute Gasteiger partial charge is 0.422 e. The van der Waals surface area contributed by atoms with Gasteiger partial charge in [0.15, 0.2) is 11.3 Å². The Morgan fingerprint density at radius 3 is 2.73 bits per heavy atom. The van der Waals surface area contributed by atoms with Gasteiger partial charge in [-0.1, -0.05) is 0 Å². The van der Waals surface area contributed by atoms with Crippen molar-refractivity contribution in [2.45, 2.75) is 43.7 Å². The second-order valence-corrected chi connectivity index (χ2v) is 8.27. The van der Waals surface area contributed by atoms with Crippen LogP contribution >= 0.6 is 0 Å². The molecule has 0 saturated heterocycles. The van der Waals surface area contributed by atoms with Crippen LogP contribution in [-0.4, -0.2) is 42.1 Å². The van der Waals surface area contributed by atoms with Gasteiger partial charge in [0.2, 0.25) is 6.39 Å². The number of fused-ring (bicyclic) bond motifs is 1. The summed E-state index contributed by atoms with van der Waals surface area (Å²) in [5.74, 6) is 2.02. The number of rotatable bonds is 3. The van der Waals surface area contributed by atoms with Crippen LogP contribution in [0.25, 0.3) is 22.6 Å². The number of aromatic amines is 1. The van der Waals surface area contributed by atoms with Crippen molar-refractivity contribution < 1.29 is 9.52 Å². The molecule has 0 aliphatic heterocycles. The molecule has 3 unspecified atom stereocenters. The molecule has 0 aromatic carbocycles. The first-order valence-corrected chi connectivity index (χ1v) is 9.28. The van der Waals surface area contributed by atoms with E-state index in [9.17, 15) is 5.11 Å². The Bertz CT molecular complexity index is 951. The van der Waals surface area contributed by atoms with E-state index in [0.717, 1.165) is 36.0 Å². The van der Waals surface area contributed by atoms with E-state index < -0.39 is 5.60 Å². The third-order valence-electron chi connectivity index (χ3n) is 6.60. The van der Waals surface area contributed by atoms with E-state index >= 15 is 0 Å². The van der Waals surface area contributed by atoms with Crippen LogP contribution in [0.4, 0.5) is 5.69 Å². The predicted molar refractivity (Wildman–Crippen MR) is 93.1 cm³/mol. The summed E-state index contributed by atoms with van der Waals surface area (Å²) in [5.41, 5.74) is 1.77. The van der Waals surface area contributed by atoms with E-state index in [-0.39, 0.29) is 0 Å². The second-order valence-electron chi connectivity index (χ2n) is 8.27. The zero-order valence-electron chi connectivity index (χ0n) is 14.2. The first kappa shape index (κ1) is 14.7. The molecule has 8 heteroatoms. The smallest absolute Gasteiger partial charge is 0.270 e. The van der Waals surface area contributed by atoms with E-state index in [1.165, 1.54) is 19.2 Å². The van der Waals surface area contributed by atoms with Crippen molar-refractivity contribution in [3.05, 3.63) is 18.7 Å². The number of hydrogen-bond acceptors (Lipinski definition) is 7. The number of aliphatic hydroxyl groups is 1. The maximum Gasteiger partial charge on any atom is 0.270 e. The van der Waals surface area contributed by atoms with E-state index in [2.05, 4.69) is 30.7 Å². The van der Waals surface area contributed by atoms with Gasteiger partial charge < -0.3 is 19.8 Å². The molecule has 3 N–H and O–H groups in total. The second kappa shape index (κ2) is 5.03. The number of anilines is 1. The summed E-state index contributed by atoms with van der Waals surface area (Å²) in [5, 5.41) is 32.0. The minimum atomic E-state index is -0.441. The molecule has 4 aliphatic rings. The Kier molecular flexibility index (Phi) is 2.84. The van der Waals surface area contributed by atoms with Gasteiger partial charge in [-0.05, 0) is 55.9 Å². The molecule has 0 radical (unpaired) electrons. The van der Waals surface area contributed by atoms with Crippen LogP contribution in [0, 0.1) is 17.8 Å². The maximum absolute atomic E-state index is 10.8. The molecule has 4 aliphatic carbocycles. The van der Waals surface area contributed by atoms with Crippen LogP contribution in [0.5, 0.6) is 0 Å². The average molecular weight is 352 g/mol. The Labute approximate surface area is 149 Å². The highest BCUT2D eigenvalue weighted by Gasteiger charge is 2.54. The van der Waals surface area contributed by atoms with Crippen LogP contribution in [-0.2, 0) is 0 Å². The summed E-state index contributed by atoms with van der Waals surface area (Å²) in [7, 11) is 0. The van der Waals surface area contributed by atoms with Gasteiger partial charge in [-0.2, -0.15) is 0 Å². The maximum atomic E-state index is 10.8. The molecule has 26 heavy (non-hydrogen) atoms. The first-order valence-electron chi connectivity index (χ1n) is 9.28. The van der Waals surface area contributed by atoms with Crippen molar-refractivity contribution in [2.75, 3.05) is 5.32 Å². The van der Waals surface area contributed by atoms with Gasteiger partial charge in [-0.3, -0.25) is 0 Å². The molecular weight excluding hydrogens is 332 g/mol. The van der Waals surface area contributed by atoms with Gasteiger partial charge in [0.05, 0.1) is 11.3 Å². The fourth-order valence-electron chi connectivity index (χ4n) is 5.88. The Morgan fingerprint density at radius 1 is 1.15 bits per heavy atom. The van der Waals surface area contributed by atoms with Crippen LogP contribution < -0.4 is 5.32 Å². The number of hydrogen-bond donors (Lipinski definition) is 3. The van der Waals surface area contributed by atoms with Crippen molar-refractivity contribution >= 4 is 16.7 Å². The van der Waals surface area contributed by atoms with Gasteiger partial charge in [-0.15, -0.1) is 20.4 Å². The summed E-state index contributed by atoms with van der Waals surface area (Å²) in [6.45, 7) is 0. The summed E-state index contributed by atoms with van der Waals surface area (Å²) in [6, 6.07) is 2.33. The first-order chi connectivity index (χ1) is 12.7. The van der Waals surface area contributed by atoms with Crippen LogP contribution in [0.3, 0.4) is 0 Å². The SMILES string of the molecule is OC12CC3C[C@H](C1)C(Nc1c(-c4nnco4)nnc4[nH]ccc14)[C@@H](C3)C2. The molecule has 0 amide bonds. The monoisotopic (exact) mass is 352 g/mol. The fraction of sp³-hybridized carbons (Fsp3) is 0.556. The highest BCUT2D eigenvalue weighted by molar-refractivity contribution is 5.95. The summed E-state index contributed by atoms with van der Waals surface area (Å²) in [6.07, 6.45) is 8.33. The standard InChI is InChI=1S/C18H20N6O2/c25-18-5-9-3-10(6-18)13(11(4-9)7-18)21-14-12-1-2-19-16(12)23-22-15(14)17-24-20-8-26-17/h1-2,8-11,13,25H,3-7H2,(H2,19,21,23)/t9?,10-,11+,13?,18?. The fourth-order valence-corrected chi connectivity index (χ4v) is 5.88. The van der Waals surface area contributed by atoms with Crippen molar-refractivity contribution in [1.29, 1.82) is 0 Å². The molecule has 0 spiro atoms. The van der Waals surface area contributed by atoms with Crippen molar-refractivity contribution in [2.24, 2.45) is 17.8 Å². The predicted octanol–water partition coefficient (Wildman–Crippen LogP) is 2.36. The zero-order valence-corrected chi connectivity index (χ0v) is 14.2. The molecule has 3 heterocycles. The number of nitrogens with zero attached hydrogens (tertiary/aromatic N) is 4. The Hall–Kier alpha value is -2.48. The van der Waals surface area contributed by atoms with Gasteiger partial charge in [-0.25, -0.2) is 0 Å². The normalized spacial score (nSPS) is 35.3. The minimum Gasteiger partial charge on any atom is -0.422 e. The molecule has 4 saturated carbocycles. The van der Waals surface area contributed by atoms with Crippen molar-refractivity contribution in [1.82, 2.24) is 25.4 Å². The topological polar surface area (TPSA) is 113 Å². The summed E-state index contributed by atoms with van der Waals surface area (Å²) >= 11 is 0. The molecule has 3 aromatic rings. The lowest BCUT2D eigenvalue weighted by atomic mass is 9.52. The lowest BCUT2D eigenvalue weighted by molar-refractivity contribution is -0.129. The molecule has 5 atom stereocenters. The molecular formula is C18H20N6O2. The van der Waals surface area contributed by atoms with Gasteiger partial charge in [0.25, 0.3) is 5.89 Å². The van der Waals surface area contributed by atoms with Crippen LogP contribution in [0.2, 0.25) is 0 Å². The highest BCUT2D eigenvalue weighted by atomic mass is 16.4. The van der Waals surface area contributed by atoms with Crippen molar-refractivity contribution in [3.8, 4) is 11.6 Å². The Morgan fingerprint density at radius 2 is 2.00 bits per heavy atom. The minimum absolute atomic E-state index is 0.329. The van der Waals surface area contributed by atoms with Gasteiger partial charge >= 0.3 is 0 Å². The van der Waals surface area contributed by atoms with Crippen LogP contribution in [0.1, 0.15) is 32.1 Å². The highest BCUT2D eigenvalue weighted by Crippen LogP contribution is 2.56. The van der Waals surface area contributed by atoms with Gasteiger partial charge in [0, 0.05) is 17.6 Å². The molecule has 4 fully saturated rings. The molecule has 4 bridgehead atoms. The Balaban J connectivity index is 1.43. The molecule has 3 aromatic heterocycles. The average Bonchev–Trinajstić information content (AvgIpc) is 3.27. The lowest BCUT2D eigenvalue weighted by Crippen LogP contribution is -2.59. The van der Waals surface area contributed by atoms with E-state index in [1.807, 2.05) is 12.3 Å². The van der Waals surface area contributed by atoms with Crippen molar-refractivity contribution in [3.63, 3.8) is 0 Å². The lowest BCUT2D eigenvalue weighted by Gasteiger charge is -2.58. The number of aromatic nitrogens is 5. The van der Waals surface area contributed by atoms with Crippen LogP contribution in [0.15, 0.2) is 23.1 Å². The molecule has 7 rings (SSSR count). The number of nitrogens with one attached hydrogen (secondary N) is 2. The summed E-state index contributed by atoms with van der Waals surface area (Å²) < 4.78 is 5.39. The third-order valence-corrected chi connectivity index (χ3v) is 6.60. The third kappa shape index (κ3) is 2.05. The summed E-state index contributed by atoms with van der Waals surface area (Å²) in [4.78, 5) is 3.12. The quantitative estimate of drug-likeness (QED) is 0.663. The van der Waals surface area contributed by atoms with E-state index in [0.29, 0.717) is 35.4 Å². The molecule has 134 valence electrons.